The third-order valence-electron chi connectivity index (χ3n) is 16.4. The van der Waals surface area contributed by atoms with Gasteiger partial charge in [-0.15, -0.1) is 0 Å². The summed E-state index contributed by atoms with van der Waals surface area (Å²) in [7, 11) is 0. The molecule has 16 rings (SSSR count). The normalized spacial score (nSPS) is 14.2. The Balaban J connectivity index is 1.01. The Kier molecular flexibility index (Phi) is 7.51. The Hall–Kier alpha value is -8.98. The van der Waals surface area contributed by atoms with Gasteiger partial charge in [-0.1, -0.05) is 200 Å². The lowest BCUT2D eigenvalue weighted by Gasteiger charge is -2.33. The fraction of sp³-hybridized carbons (Fsp3) is 0.0294. The summed E-state index contributed by atoms with van der Waals surface area (Å²) in [6, 6.07) is 96.0. The molecule has 324 valence electrons. The highest BCUT2D eigenvalue weighted by atomic mass is 15.1. The molecular weight excluding hydrogens is 845 g/mol. The van der Waals surface area contributed by atoms with Crippen molar-refractivity contribution in [2.75, 3.05) is 4.90 Å². The van der Waals surface area contributed by atoms with Gasteiger partial charge in [0, 0.05) is 33.4 Å². The van der Waals surface area contributed by atoms with E-state index in [1.807, 2.05) is 0 Å². The van der Waals surface area contributed by atoms with E-state index in [1.54, 1.807) is 0 Å². The van der Waals surface area contributed by atoms with Gasteiger partial charge in [0.2, 0.25) is 0 Å². The number of aromatic nitrogens is 1. The molecule has 0 saturated carbocycles. The molecule has 0 N–H and O–H groups in total. The van der Waals surface area contributed by atoms with Crippen molar-refractivity contribution in [1.29, 1.82) is 0 Å². The smallest absolute Gasteiger partial charge is 0.0726 e. The first-order chi connectivity index (χ1) is 34.8. The summed E-state index contributed by atoms with van der Waals surface area (Å²) < 4.78 is 2.42. The van der Waals surface area contributed by atoms with Crippen LogP contribution in [0, 0.1) is 0 Å². The standard InChI is InChI=1S/C68H42N2/c1-2-19-43(20-3-1)70-63-35-17-10-26-52(63)54-41-44(38-40-64(54)70)69(45-37-39-51-50-25-8-15-32-59(50)68(62(51)42-45)57-30-13-6-23-48(57)49-24-7-14-31-58(49)68)65-36-18-34-61-66(65)53-27-9-16-33-60(53)67(61)55-28-11-4-21-46(55)47-22-5-12-29-56(47)67/h1-42H. The van der Waals surface area contributed by atoms with Crippen molar-refractivity contribution in [3.8, 4) is 50.2 Å². The van der Waals surface area contributed by atoms with Crippen molar-refractivity contribution in [1.82, 2.24) is 4.57 Å². The Morgan fingerprint density at radius 2 is 0.686 bits per heavy atom. The van der Waals surface area contributed by atoms with Crippen molar-refractivity contribution >= 4 is 38.9 Å². The lowest BCUT2D eigenvalue weighted by Crippen LogP contribution is -2.26. The average Bonchev–Trinajstić information content (AvgIpc) is 4.19. The highest BCUT2D eigenvalue weighted by Gasteiger charge is 2.54. The molecular formula is C68H42N2. The van der Waals surface area contributed by atoms with E-state index < -0.39 is 10.8 Å². The molecule has 0 fully saturated rings. The Labute approximate surface area is 406 Å². The zero-order valence-corrected chi connectivity index (χ0v) is 38.1. The first kappa shape index (κ1) is 38.0. The summed E-state index contributed by atoms with van der Waals surface area (Å²) in [4.78, 5) is 2.58. The van der Waals surface area contributed by atoms with E-state index in [0.717, 1.165) is 22.7 Å². The molecule has 0 bridgehead atoms. The summed E-state index contributed by atoms with van der Waals surface area (Å²) in [5, 5.41) is 2.45. The quantitative estimate of drug-likeness (QED) is 0.171. The molecule has 1 aromatic heterocycles. The monoisotopic (exact) mass is 886 g/mol. The van der Waals surface area contributed by atoms with Gasteiger partial charge >= 0.3 is 0 Å². The van der Waals surface area contributed by atoms with Crippen LogP contribution in [0.3, 0.4) is 0 Å². The number of fused-ring (bicyclic) bond motifs is 23. The second-order valence-corrected chi connectivity index (χ2v) is 19.4. The van der Waals surface area contributed by atoms with Gasteiger partial charge in [-0.3, -0.25) is 0 Å². The third-order valence-corrected chi connectivity index (χ3v) is 16.4. The molecule has 12 aromatic rings. The number of rotatable bonds is 4. The lowest BCUT2D eigenvalue weighted by atomic mass is 9.70. The van der Waals surface area contributed by atoms with Crippen LogP contribution in [0.5, 0.6) is 0 Å². The van der Waals surface area contributed by atoms with Gasteiger partial charge in [-0.25, -0.2) is 0 Å². The third kappa shape index (κ3) is 4.59. The van der Waals surface area contributed by atoms with E-state index in [-0.39, 0.29) is 0 Å². The lowest BCUT2D eigenvalue weighted by molar-refractivity contribution is 0.793. The van der Waals surface area contributed by atoms with Crippen LogP contribution in [0.2, 0.25) is 0 Å². The SMILES string of the molecule is c1ccc(-n2c3ccccc3c3cc(N(c4ccc5c(c4)C4(c6ccccc6-c6ccccc64)c4ccccc4-5)c4cccc5c4-c4ccccc4C54c5ccccc5-c5ccccc54)ccc32)cc1. The topological polar surface area (TPSA) is 8.17 Å². The van der Waals surface area contributed by atoms with E-state index >= 15 is 0 Å². The molecule has 0 unspecified atom stereocenters. The summed E-state index contributed by atoms with van der Waals surface area (Å²) in [5.41, 5.74) is 27.0. The van der Waals surface area contributed by atoms with Crippen LogP contribution in [0.25, 0.3) is 72.0 Å². The zero-order chi connectivity index (χ0) is 45.7. The number of para-hydroxylation sites is 2. The molecule has 0 saturated heterocycles. The first-order valence-electron chi connectivity index (χ1n) is 24.5. The number of anilines is 3. The molecule has 2 heteroatoms. The molecule has 11 aromatic carbocycles. The number of nitrogens with zero attached hydrogens (tertiary/aromatic N) is 2. The van der Waals surface area contributed by atoms with Gasteiger partial charge in [0.25, 0.3) is 0 Å². The van der Waals surface area contributed by atoms with Crippen molar-refractivity contribution in [3.05, 3.63) is 299 Å². The van der Waals surface area contributed by atoms with Crippen LogP contribution in [-0.4, -0.2) is 4.57 Å². The van der Waals surface area contributed by atoms with Crippen molar-refractivity contribution in [2.24, 2.45) is 0 Å². The minimum absolute atomic E-state index is 0.477. The van der Waals surface area contributed by atoms with Crippen LogP contribution < -0.4 is 4.90 Å². The number of hydrogen-bond donors (Lipinski definition) is 0. The molecule has 0 amide bonds. The fourth-order valence-electron chi connectivity index (χ4n) is 13.9. The molecule has 4 aliphatic rings. The molecule has 0 radical (unpaired) electrons. The predicted molar refractivity (Wildman–Crippen MR) is 288 cm³/mol. The van der Waals surface area contributed by atoms with Gasteiger partial charge in [-0.2, -0.15) is 0 Å². The highest BCUT2D eigenvalue weighted by Crippen LogP contribution is 2.66. The van der Waals surface area contributed by atoms with Crippen LogP contribution in [0.4, 0.5) is 17.1 Å². The molecule has 2 nitrogen and oxygen atoms in total. The van der Waals surface area contributed by atoms with E-state index in [2.05, 4.69) is 264 Å². The van der Waals surface area contributed by atoms with Crippen molar-refractivity contribution in [2.45, 2.75) is 10.8 Å². The summed E-state index contributed by atoms with van der Waals surface area (Å²) >= 11 is 0. The van der Waals surface area contributed by atoms with Gasteiger partial charge in [0.1, 0.15) is 0 Å². The van der Waals surface area contributed by atoms with E-state index in [9.17, 15) is 0 Å². The van der Waals surface area contributed by atoms with Crippen LogP contribution >= 0.6 is 0 Å². The van der Waals surface area contributed by atoms with Crippen LogP contribution in [0.1, 0.15) is 44.5 Å². The first-order valence-corrected chi connectivity index (χ1v) is 24.5. The minimum Gasteiger partial charge on any atom is -0.310 e. The van der Waals surface area contributed by atoms with Gasteiger partial charge in [-0.05, 0) is 138 Å². The van der Waals surface area contributed by atoms with E-state index in [1.165, 1.54) is 111 Å². The largest absolute Gasteiger partial charge is 0.310 e. The Morgan fingerprint density at radius 1 is 0.271 bits per heavy atom. The fourth-order valence-corrected chi connectivity index (χ4v) is 13.9. The Bertz CT molecular complexity index is 4100. The Morgan fingerprint density at radius 3 is 1.27 bits per heavy atom. The van der Waals surface area contributed by atoms with E-state index in [4.69, 9.17) is 0 Å². The van der Waals surface area contributed by atoms with Gasteiger partial charge < -0.3 is 9.47 Å². The van der Waals surface area contributed by atoms with Gasteiger partial charge in [0.05, 0.1) is 27.6 Å². The average molecular weight is 887 g/mol. The predicted octanol–water partition coefficient (Wildman–Crippen LogP) is 16.9. The minimum atomic E-state index is -0.486. The zero-order valence-electron chi connectivity index (χ0n) is 38.1. The maximum Gasteiger partial charge on any atom is 0.0726 e. The number of benzene rings is 11. The molecule has 4 aliphatic carbocycles. The number of hydrogen-bond acceptors (Lipinski definition) is 1. The van der Waals surface area contributed by atoms with Crippen LogP contribution in [-0.2, 0) is 10.8 Å². The summed E-state index contributed by atoms with van der Waals surface area (Å²) in [6.45, 7) is 0. The highest BCUT2D eigenvalue weighted by molar-refractivity contribution is 6.11. The molecule has 2 spiro atoms. The maximum absolute atomic E-state index is 2.58. The van der Waals surface area contributed by atoms with Crippen molar-refractivity contribution < 1.29 is 0 Å². The molecule has 1 heterocycles. The molecule has 0 aliphatic heterocycles. The second kappa shape index (κ2) is 13.8. The van der Waals surface area contributed by atoms with Crippen LogP contribution in [0.15, 0.2) is 255 Å². The molecule has 70 heavy (non-hydrogen) atoms. The van der Waals surface area contributed by atoms with Gasteiger partial charge in [0.15, 0.2) is 0 Å². The summed E-state index contributed by atoms with van der Waals surface area (Å²) in [6.07, 6.45) is 0. The molecule has 0 atom stereocenters. The maximum atomic E-state index is 2.58. The summed E-state index contributed by atoms with van der Waals surface area (Å²) in [5.74, 6) is 0. The van der Waals surface area contributed by atoms with E-state index in [0.29, 0.717) is 0 Å². The second-order valence-electron chi connectivity index (χ2n) is 19.4. The van der Waals surface area contributed by atoms with Crippen molar-refractivity contribution in [3.63, 3.8) is 0 Å².